The summed E-state index contributed by atoms with van der Waals surface area (Å²) in [5, 5.41) is 11.6. The van der Waals surface area contributed by atoms with E-state index in [9.17, 15) is 9.59 Å². The number of nitrogens with zero attached hydrogens (tertiary/aromatic N) is 3. The molecule has 0 spiro atoms. The maximum absolute atomic E-state index is 11.9. The molecular weight excluding hydrogens is 260 g/mol. The summed E-state index contributed by atoms with van der Waals surface area (Å²) in [7, 11) is 0. The summed E-state index contributed by atoms with van der Waals surface area (Å²) < 4.78 is 1.66. The van der Waals surface area contributed by atoms with Crippen LogP contribution in [0.3, 0.4) is 0 Å². The SMILES string of the molecule is CC1CCCN(C(=O)NCCn2cnc(C(=O)O)c2)C1. The topological polar surface area (TPSA) is 87.5 Å². The number of amides is 2. The van der Waals surface area contributed by atoms with Crippen LogP contribution in [0.15, 0.2) is 12.5 Å². The molecule has 2 rings (SSSR count). The number of likely N-dealkylation sites (tertiary alicyclic amines) is 1. The van der Waals surface area contributed by atoms with Crippen LogP contribution >= 0.6 is 0 Å². The molecule has 2 amide bonds. The second-order valence-electron chi connectivity index (χ2n) is 5.23. The lowest BCUT2D eigenvalue weighted by Gasteiger charge is -2.30. The van der Waals surface area contributed by atoms with Gasteiger partial charge in [-0.2, -0.15) is 0 Å². The van der Waals surface area contributed by atoms with E-state index in [1.54, 1.807) is 4.57 Å². The van der Waals surface area contributed by atoms with Gasteiger partial charge in [-0.3, -0.25) is 0 Å². The average Bonchev–Trinajstić information content (AvgIpc) is 2.87. The van der Waals surface area contributed by atoms with E-state index in [2.05, 4.69) is 17.2 Å². The second kappa shape index (κ2) is 6.40. The molecule has 110 valence electrons. The number of urea groups is 1. The van der Waals surface area contributed by atoms with Crippen molar-refractivity contribution in [1.82, 2.24) is 19.8 Å². The summed E-state index contributed by atoms with van der Waals surface area (Å²) in [6.45, 7) is 4.73. The third kappa shape index (κ3) is 3.72. The Balaban J connectivity index is 1.74. The zero-order valence-corrected chi connectivity index (χ0v) is 11.6. The first-order valence-corrected chi connectivity index (χ1v) is 6.84. The lowest BCUT2D eigenvalue weighted by molar-refractivity contribution is 0.0691. The number of carbonyl (C=O) groups is 2. The molecule has 1 aliphatic heterocycles. The summed E-state index contributed by atoms with van der Waals surface area (Å²) in [6, 6.07) is -0.0462. The predicted octanol–water partition coefficient (Wildman–Crippen LogP) is 1.02. The molecule has 0 bridgehead atoms. The summed E-state index contributed by atoms with van der Waals surface area (Å²) >= 11 is 0. The minimum atomic E-state index is -1.05. The van der Waals surface area contributed by atoms with Gasteiger partial charge in [-0.05, 0) is 18.8 Å². The molecule has 0 saturated carbocycles. The molecule has 1 atom stereocenters. The Morgan fingerprint density at radius 2 is 2.35 bits per heavy atom. The van der Waals surface area contributed by atoms with Crippen LogP contribution < -0.4 is 5.32 Å². The Morgan fingerprint density at radius 1 is 1.55 bits per heavy atom. The van der Waals surface area contributed by atoms with Crippen LogP contribution in [0.1, 0.15) is 30.3 Å². The molecular formula is C13H20N4O3. The number of carboxylic acids is 1. The van der Waals surface area contributed by atoms with Crippen LogP contribution in [0, 0.1) is 5.92 Å². The molecule has 1 saturated heterocycles. The highest BCUT2D eigenvalue weighted by molar-refractivity contribution is 5.84. The smallest absolute Gasteiger partial charge is 0.356 e. The van der Waals surface area contributed by atoms with Gasteiger partial charge in [-0.25, -0.2) is 14.6 Å². The first kappa shape index (κ1) is 14.4. The average molecular weight is 280 g/mol. The Morgan fingerprint density at radius 3 is 3.00 bits per heavy atom. The van der Waals surface area contributed by atoms with Crippen molar-refractivity contribution in [3.05, 3.63) is 18.2 Å². The van der Waals surface area contributed by atoms with Crippen LogP contribution in [-0.2, 0) is 6.54 Å². The zero-order chi connectivity index (χ0) is 14.5. The molecule has 7 nitrogen and oxygen atoms in total. The molecule has 20 heavy (non-hydrogen) atoms. The Labute approximate surface area is 117 Å². The van der Waals surface area contributed by atoms with Crippen molar-refractivity contribution in [1.29, 1.82) is 0 Å². The number of rotatable bonds is 4. The van der Waals surface area contributed by atoms with Gasteiger partial charge in [0.25, 0.3) is 0 Å². The zero-order valence-electron chi connectivity index (χ0n) is 11.6. The monoisotopic (exact) mass is 280 g/mol. The van der Waals surface area contributed by atoms with Gasteiger partial charge in [-0.1, -0.05) is 6.92 Å². The minimum Gasteiger partial charge on any atom is -0.476 e. The molecule has 1 aromatic rings. The highest BCUT2D eigenvalue weighted by Crippen LogP contribution is 2.15. The van der Waals surface area contributed by atoms with Gasteiger partial charge in [0.2, 0.25) is 0 Å². The van der Waals surface area contributed by atoms with Crippen LogP contribution in [0.2, 0.25) is 0 Å². The van der Waals surface area contributed by atoms with Crippen LogP contribution in [-0.4, -0.2) is 51.2 Å². The number of piperidine rings is 1. The van der Waals surface area contributed by atoms with Crippen molar-refractivity contribution in [2.24, 2.45) is 5.92 Å². The number of aromatic carboxylic acids is 1. The van der Waals surface area contributed by atoms with Gasteiger partial charge in [0.05, 0.1) is 6.33 Å². The predicted molar refractivity (Wildman–Crippen MR) is 72.6 cm³/mol. The minimum absolute atomic E-state index is 0.0150. The van der Waals surface area contributed by atoms with Crippen molar-refractivity contribution in [2.75, 3.05) is 19.6 Å². The van der Waals surface area contributed by atoms with Gasteiger partial charge in [-0.15, -0.1) is 0 Å². The lowest BCUT2D eigenvalue weighted by atomic mass is 10.0. The van der Waals surface area contributed by atoms with E-state index in [4.69, 9.17) is 5.11 Å². The number of carboxylic acid groups (broad SMARTS) is 1. The van der Waals surface area contributed by atoms with Crippen LogP contribution in [0.25, 0.3) is 0 Å². The first-order valence-electron chi connectivity index (χ1n) is 6.84. The third-order valence-electron chi connectivity index (χ3n) is 3.44. The van der Waals surface area contributed by atoms with E-state index in [1.807, 2.05) is 4.90 Å². The number of nitrogens with one attached hydrogen (secondary N) is 1. The van der Waals surface area contributed by atoms with Gasteiger partial charge >= 0.3 is 12.0 Å². The normalized spacial score (nSPS) is 18.9. The van der Waals surface area contributed by atoms with E-state index >= 15 is 0 Å². The maximum atomic E-state index is 11.9. The molecule has 0 radical (unpaired) electrons. The van der Waals surface area contributed by atoms with E-state index < -0.39 is 5.97 Å². The van der Waals surface area contributed by atoms with Gasteiger partial charge < -0.3 is 19.9 Å². The van der Waals surface area contributed by atoms with E-state index in [0.29, 0.717) is 19.0 Å². The molecule has 1 aliphatic rings. The van der Waals surface area contributed by atoms with Crippen molar-refractivity contribution in [3.8, 4) is 0 Å². The molecule has 0 aliphatic carbocycles. The summed E-state index contributed by atoms with van der Waals surface area (Å²) in [4.78, 5) is 28.2. The van der Waals surface area contributed by atoms with Gasteiger partial charge in [0, 0.05) is 32.4 Å². The number of hydrogen-bond donors (Lipinski definition) is 2. The third-order valence-corrected chi connectivity index (χ3v) is 3.44. The summed E-state index contributed by atoms with van der Waals surface area (Å²) in [5.41, 5.74) is 0.0150. The van der Waals surface area contributed by atoms with Crippen molar-refractivity contribution >= 4 is 12.0 Å². The standard InChI is InChI=1S/C13H20N4O3/c1-10-3-2-5-17(7-10)13(20)14-4-6-16-8-11(12(18)19)15-9-16/h8-10H,2-7H2,1H3,(H,14,20)(H,18,19). The fraction of sp³-hybridized carbons (Fsp3) is 0.615. The quantitative estimate of drug-likeness (QED) is 0.862. The van der Waals surface area contributed by atoms with Crippen molar-refractivity contribution in [2.45, 2.75) is 26.3 Å². The maximum Gasteiger partial charge on any atom is 0.356 e. The molecule has 2 heterocycles. The first-order chi connectivity index (χ1) is 9.56. The fourth-order valence-corrected chi connectivity index (χ4v) is 2.37. The molecule has 2 N–H and O–H groups in total. The summed E-state index contributed by atoms with van der Waals surface area (Å²) in [5.74, 6) is -0.489. The Bertz CT molecular complexity index is 486. The van der Waals surface area contributed by atoms with Crippen molar-refractivity contribution < 1.29 is 14.7 Å². The Kier molecular flexibility index (Phi) is 4.60. The number of imidazole rings is 1. The lowest BCUT2D eigenvalue weighted by Crippen LogP contribution is -2.45. The molecule has 1 aromatic heterocycles. The van der Waals surface area contributed by atoms with Crippen LogP contribution in [0.5, 0.6) is 0 Å². The largest absolute Gasteiger partial charge is 0.476 e. The number of carbonyl (C=O) groups excluding carboxylic acids is 1. The van der Waals surface area contributed by atoms with E-state index in [0.717, 1.165) is 19.5 Å². The van der Waals surface area contributed by atoms with E-state index in [1.165, 1.54) is 18.9 Å². The summed E-state index contributed by atoms with van der Waals surface area (Å²) in [6.07, 6.45) is 5.14. The van der Waals surface area contributed by atoms with E-state index in [-0.39, 0.29) is 11.7 Å². The number of aromatic nitrogens is 2. The highest BCUT2D eigenvalue weighted by atomic mass is 16.4. The molecule has 7 heteroatoms. The highest BCUT2D eigenvalue weighted by Gasteiger charge is 2.20. The second-order valence-corrected chi connectivity index (χ2v) is 5.23. The molecule has 1 unspecified atom stereocenters. The van der Waals surface area contributed by atoms with Crippen LogP contribution in [0.4, 0.5) is 4.79 Å². The Hall–Kier alpha value is -2.05. The van der Waals surface area contributed by atoms with Gasteiger partial charge in [0.15, 0.2) is 5.69 Å². The fourth-order valence-electron chi connectivity index (χ4n) is 2.37. The van der Waals surface area contributed by atoms with Gasteiger partial charge in [0.1, 0.15) is 0 Å². The van der Waals surface area contributed by atoms with Crippen molar-refractivity contribution in [3.63, 3.8) is 0 Å². The molecule has 0 aromatic carbocycles. The molecule has 1 fully saturated rings. The number of hydrogen-bond acceptors (Lipinski definition) is 3.